The largest absolute Gasteiger partial charge is 0.490 e. The molecular formula is C30H35ClN2O2. The molecule has 1 atom stereocenters. The van der Waals surface area contributed by atoms with Crippen molar-refractivity contribution in [1.29, 1.82) is 0 Å². The lowest BCUT2D eigenvalue weighted by molar-refractivity contribution is 0.0173. The van der Waals surface area contributed by atoms with E-state index in [1.165, 1.54) is 5.56 Å². The van der Waals surface area contributed by atoms with E-state index in [1.807, 2.05) is 24.5 Å². The topological polar surface area (TPSA) is 57.4 Å². The van der Waals surface area contributed by atoms with E-state index < -0.39 is 0 Å². The minimum Gasteiger partial charge on any atom is -0.490 e. The third kappa shape index (κ3) is 5.72. The molecule has 0 saturated heterocycles. The van der Waals surface area contributed by atoms with Crippen LogP contribution >= 0.6 is 11.6 Å². The van der Waals surface area contributed by atoms with Crippen LogP contribution in [0.5, 0.6) is 5.75 Å². The summed E-state index contributed by atoms with van der Waals surface area (Å²) in [7, 11) is 0. The monoisotopic (exact) mass is 490 g/mol. The Morgan fingerprint density at radius 1 is 1.09 bits per heavy atom. The molecule has 0 bridgehead atoms. The molecule has 2 aliphatic rings. The fourth-order valence-electron chi connectivity index (χ4n) is 4.74. The van der Waals surface area contributed by atoms with Gasteiger partial charge in [-0.15, -0.1) is 0 Å². The van der Waals surface area contributed by atoms with Crippen molar-refractivity contribution in [3.63, 3.8) is 0 Å². The molecule has 2 saturated carbocycles. The number of nitrogens with zero attached hydrogens (tertiary/aromatic N) is 1. The highest BCUT2D eigenvalue weighted by Gasteiger charge is 2.47. The van der Waals surface area contributed by atoms with Gasteiger partial charge in [-0.3, -0.25) is 4.98 Å². The summed E-state index contributed by atoms with van der Waals surface area (Å²) in [5, 5.41) is 0.758. The highest BCUT2D eigenvalue weighted by atomic mass is 35.5. The van der Waals surface area contributed by atoms with Crippen LogP contribution in [0.2, 0.25) is 5.02 Å². The van der Waals surface area contributed by atoms with Gasteiger partial charge in [-0.1, -0.05) is 55.3 Å². The minimum atomic E-state index is -0.331. The number of halogens is 1. The molecule has 1 aromatic heterocycles. The number of para-hydroxylation sites is 1. The molecule has 0 unspecified atom stereocenters. The molecule has 35 heavy (non-hydrogen) atoms. The van der Waals surface area contributed by atoms with Gasteiger partial charge in [0.2, 0.25) is 0 Å². The molecule has 5 rings (SSSR count). The Morgan fingerprint density at radius 2 is 1.91 bits per heavy atom. The third-order valence-electron chi connectivity index (χ3n) is 7.25. The van der Waals surface area contributed by atoms with Gasteiger partial charge in [0.15, 0.2) is 0 Å². The number of benzene rings is 2. The van der Waals surface area contributed by atoms with E-state index in [9.17, 15) is 0 Å². The second-order valence-electron chi connectivity index (χ2n) is 10.1. The van der Waals surface area contributed by atoms with Crippen molar-refractivity contribution in [2.75, 3.05) is 6.54 Å². The van der Waals surface area contributed by atoms with E-state index in [-0.39, 0.29) is 5.60 Å². The zero-order valence-electron chi connectivity index (χ0n) is 20.5. The lowest BCUT2D eigenvalue weighted by Crippen LogP contribution is -2.14. The number of nitrogens with two attached hydrogens (primary N) is 1. The second-order valence-corrected chi connectivity index (χ2v) is 10.5. The van der Waals surface area contributed by atoms with E-state index in [0.717, 1.165) is 84.5 Å². The standard InChI is InChI=1S/C30H35ClN2O2/c1-21(6-4-5-16-32)22-9-12-28(31)23(18-22)20-34-30(14-15-30)27-19-33-17-13-25(27)26-7-2-3-8-29(26)35-24-10-11-24/h2-3,7-9,12-13,17-19,21,24H,4-6,10-11,14-16,20,32H2,1H3/t21-/m1/s1. The van der Waals surface area contributed by atoms with E-state index in [0.29, 0.717) is 18.6 Å². The van der Waals surface area contributed by atoms with Crippen LogP contribution in [0.15, 0.2) is 60.9 Å². The number of hydrogen-bond donors (Lipinski definition) is 1. The molecule has 5 heteroatoms. The second kappa shape index (κ2) is 10.7. The van der Waals surface area contributed by atoms with Gasteiger partial charge in [0.05, 0.1) is 18.3 Å². The first-order valence-electron chi connectivity index (χ1n) is 12.9. The van der Waals surface area contributed by atoms with E-state index in [4.69, 9.17) is 26.8 Å². The molecule has 0 aliphatic heterocycles. The Hall–Kier alpha value is -2.40. The molecule has 1 heterocycles. The maximum absolute atomic E-state index is 6.64. The predicted molar refractivity (Wildman–Crippen MR) is 142 cm³/mol. The van der Waals surface area contributed by atoms with Gasteiger partial charge in [-0.2, -0.15) is 0 Å². The van der Waals surface area contributed by atoms with Gasteiger partial charge in [0.1, 0.15) is 5.75 Å². The fourth-order valence-corrected chi connectivity index (χ4v) is 4.92. The average molecular weight is 491 g/mol. The van der Waals surface area contributed by atoms with Gasteiger partial charge >= 0.3 is 0 Å². The first kappa shape index (κ1) is 24.3. The predicted octanol–water partition coefficient (Wildman–Crippen LogP) is 7.38. The number of hydrogen-bond acceptors (Lipinski definition) is 4. The molecule has 2 aliphatic carbocycles. The van der Waals surface area contributed by atoms with Crippen molar-refractivity contribution in [2.24, 2.45) is 5.73 Å². The van der Waals surface area contributed by atoms with Crippen molar-refractivity contribution in [3.8, 4) is 16.9 Å². The van der Waals surface area contributed by atoms with Crippen LogP contribution in [0.4, 0.5) is 0 Å². The lowest BCUT2D eigenvalue weighted by Gasteiger charge is -2.22. The highest BCUT2D eigenvalue weighted by molar-refractivity contribution is 6.31. The van der Waals surface area contributed by atoms with Crippen LogP contribution in [0.1, 0.15) is 74.5 Å². The van der Waals surface area contributed by atoms with Crippen molar-refractivity contribution < 1.29 is 9.47 Å². The Kier molecular flexibility index (Phi) is 7.43. The molecule has 184 valence electrons. The van der Waals surface area contributed by atoms with Crippen molar-refractivity contribution >= 4 is 11.6 Å². The molecule has 0 radical (unpaired) electrons. The number of rotatable bonds is 12. The van der Waals surface area contributed by atoms with Crippen LogP contribution in [0.25, 0.3) is 11.1 Å². The molecule has 4 nitrogen and oxygen atoms in total. The molecule has 2 aromatic carbocycles. The first-order valence-corrected chi connectivity index (χ1v) is 13.3. The molecule has 3 aromatic rings. The number of unbranched alkanes of at least 4 members (excludes halogenated alkanes) is 1. The Labute approximate surface area is 213 Å². The fraction of sp³-hybridized carbons (Fsp3) is 0.433. The van der Waals surface area contributed by atoms with Crippen molar-refractivity contribution in [3.05, 3.63) is 82.6 Å². The maximum atomic E-state index is 6.64. The summed E-state index contributed by atoms with van der Waals surface area (Å²) in [5.41, 5.74) is 11.1. The van der Waals surface area contributed by atoms with Gasteiger partial charge in [0.25, 0.3) is 0 Å². The first-order chi connectivity index (χ1) is 17.1. The highest BCUT2D eigenvalue weighted by Crippen LogP contribution is 2.53. The van der Waals surface area contributed by atoms with Crippen LogP contribution in [-0.4, -0.2) is 17.6 Å². The molecule has 0 amide bonds. The normalized spacial score (nSPS) is 17.2. The third-order valence-corrected chi connectivity index (χ3v) is 7.61. The van der Waals surface area contributed by atoms with E-state index in [2.05, 4.69) is 48.3 Å². The zero-order chi connectivity index (χ0) is 24.3. The van der Waals surface area contributed by atoms with Gasteiger partial charge < -0.3 is 15.2 Å². The summed E-state index contributed by atoms with van der Waals surface area (Å²) < 4.78 is 12.9. The van der Waals surface area contributed by atoms with Crippen LogP contribution < -0.4 is 10.5 Å². The van der Waals surface area contributed by atoms with Crippen LogP contribution in [0.3, 0.4) is 0 Å². The Bertz CT molecular complexity index is 1160. The van der Waals surface area contributed by atoms with Gasteiger partial charge in [-0.05, 0) is 85.9 Å². The number of ether oxygens (including phenoxy) is 2. The molecule has 2 N–H and O–H groups in total. The van der Waals surface area contributed by atoms with Gasteiger partial charge in [0, 0.05) is 28.5 Å². The summed E-state index contributed by atoms with van der Waals surface area (Å²) in [6, 6.07) is 16.8. The minimum absolute atomic E-state index is 0.331. The summed E-state index contributed by atoms with van der Waals surface area (Å²) in [6.45, 7) is 3.51. The van der Waals surface area contributed by atoms with Crippen molar-refractivity contribution in [1.82, 2.24) is 4.98 Å². The maximum Gasteiger partial charge on any atom is 0.127 e. The van der Waals surface area contributed by atoms with E-state index >= 15 is 0 Å². The summed E-state index contributed by atoms with van der Waals surface area (Å²) in [6.07, 6.45) is 11.7. The zero-order valence-corrected chi connectivity index (χ0v) is 21.3. The number of aromatic nitrogens is 1. The molecular weight excluding hydrogens is 456 g/mol. The van der Waals surface area contributed by atoms with Crippen LogP contribution in [0, 0.1) is 0 Å². The average Bonchev–Trinajstić information content (AvgIpc) is 3.81. The summed E-state index contributed by atoms with van der Waals surface area (Å²) >= 11 is 6.60. The molecule has 2 fully saturated rings. The Balaban J connectivity index is 1.35. The number of pyridine rings is 1. The van der Waals surface area contributed by atoms with E-state index in [1.54, 1.807) is 0 Å². The quantitative estimate of drug-likeness (QED) is 0.269. The molecule has 0 spiro atoms. The smallest absolute Gasteiger partial charge is 0.127 e. The summed E-state index contributed by atoms with van der Waals surface area (Å²) in [5.74, 6) is 1.41. The summed E-state index contributed by atoms with van der Waals surface area (Å²) in [4.78, 5) is 4.47. The SMILES string of the molecule is C[C@H](CCCCN)c1ccc(Cl)c(COC2(c3cnccc3-c3ccccc3OC3CC3)CC2)c1. The Morgan fingerprint density at radius 3 is 2.69 bits per heavy atom. The van der Waals surface area contributed by atoms with Crippen molar-refractivity contribution in [2.45, 2.75) is 76.1 Å². The lowest BCUT2D eigenvalue weighted by atomic mass is 9.94. The van der Waals surface area contributed by atoms with Crippen LogP contribution in [-0.2, 0) is 16.9 Å². The van der Waals surface area contributed by atoms with Gasteiger partial charge in [-0.25, -0.2) is 0 Å².